The van der Waals surface area contributed by atoms with Crippen LogP contribution < -0.4 is 16.1 Å². The van der Waals surface area contributed by atoms with Crippen LogP contribution in [-0.2, 0) is 0 Å². The van der Waals surface area contributed by atoms with E-state index < -0.39 is 17.5 Å². The van der Waals surface area contributed by atoms with Crippen molar-refractivity contribution in [3.8, 4) is 0 Å². The summed E-state index contributed by atoms with van der Waals surface area (Å²) in [6, 6.07) is 4.64. The van der Waals surface area contributed by atoms with Gasteiger partial charge in [0.15, 0.2) is 17.5 Å². The molecule has 1 aliphatic heterocycles. The molecule has 0 unspecified atom stereocenters. The minimum atomic E-state index is -1.16. The molecule has 1 aliphatic rings. The summed E-state index contributed by atoms with van der Waals surface area (Å²) in [4.78, 5) is 11.2. The Hall–Kier alpha value is -2.82. The number of hydrogen-bond donors (Lipinski definition) is 5. The maximum atomic E-state index is 14.4. The van der Waals surface area contributed by atoms with Crippen LogP contribution in [0.1, 0.15) is 18.4 Å². The first-order valence-corrected chi connectivity index (χ1v) is 9.63. The topological polar surface area (TPSA) is 97.4 Å². The molecule has 1 fully saturated rings. The highest BCUT2D eigenvalue weighted by Gasteiger charge is 2.21. The summed E-state index contributed by atoms with van der Waals surface area (Å²) in [7, 11) is 0. The zero-order valence-corrected chi connectivity index (χ0v) is 16.3. The minimum absolute atomic E-state index is 0.0363. The summed E-state index contributed by atoms with van der Waals surface area (Å²) >= 11 is 5.76. The lowest BCUT2D eigenvalue weighted by molar-refractivity contribution is 0.235. The van der Waals surface area contributed by atoms with Crippen LogP contribution in [0.4, 0.5) is 24.8 Å². The average Bonchev–Trinajstić information content (AvgIpc) is 3.16. The molecule has 2 heterocycles. The zero-order chi connectivity index (χ0) is 21.3. The SMILES string of the molecule is ONC(=Nc1ccc(F)c(Cl)c1)c1cc(F)c(F)c2nc(N[C@@H]3CCCNC3)[nH]c12. The Labute approximate surface area is 174 Å². The predicted octanol–water partition coefficient (Wildman–Crippen LogP) is 3.85. The number of aromatic amines is 1. The first-order valence-electron chi connectivity index (χ1n) is 9.25. The van der Waals surface area contributed by atoms with E-state index in [9.17, 15) is 18.4 Å². The molecule has 0 saturated carbocycles. The fourth-order valence-corrected chi connectivity index (χ4v) is 3.53. The summed E-state index contributed by atoms with van der Waals surface area (Å²) in [6.07, 6.45) is 1.89. The first-order chi connectivity index (χ1) is 14.5. The van der Waals surface area contributed by atoms with Crippen LogP contribution in [0.3, 0.4) is 0 Å². The van der Waals surface area contributed by atoms with E-state index in [-0.39, 0.29) is 45.1 Å². The van der Waals surface area contributed by atoms with Gasteiger partial charge in [-0.3, -0.25) is 10.7 Å². The number of fused-ring (bicyclic) bond motifs is 1. The molecule has 1 aromatic heterocycles. The number of benzene rings is 2. The van der Waals surface area contributed by atoms with Gasteiger partial charge in [0.25, 0.3) is 0 Å². The minimum Gasteiger partial charge on any atom is -0.352 e. The number of H-pyrrole nitrogens is 1. The van der Waals surface area contributed by atoms with Crippen LogP contribution in [0.25, 0.3) is 11.0 Å². The van der Waals surface area contributed by atoms with Gasteiger partial charge in [0.1, 0.15) is 11.3 Å². The third kappa shape index (κ3) is 4.07. The molecular weight excluding hydrogens is 421 g/mol. The Kier molecular flexibility index (Phi) is 5.80. The Bertz CT molecular complexity index is 1110. The molecule has 3 aromatic rings. The van der Waals surface area contributed by atoms with Gasteiger partial charge in [-0.25, -0.2) is 23.1 Å². The molecule has 0 spiro atoms. The Morgan fingerprint density at radius 3 is 2.77 bits per heavy atom. The molecule has 5 N–H and O–H groups in total. The Morgan fingerprint density at radius 1 is 1.23 bits per heavy atom. The van der Waals surface area contributed by atoms with Crippen LogP contribution in [0.2, 0.25) is 5.02 Å². The van der Waals surface area contributed by atoms with Crippen molar-refractivity contribution in [3.05, 3.63) is 52.3 Å². The highest BCUT2D eigenvalue weighted by Crippen LogP contribution is 2.27. The number of nitrogens with one attached hydrogen (secondary N) is 4. The molecule has 0 aliphatic carbocycles. The summed E-state index contributed by atoms with van der Waals surface area (Å²) < 4.78 is 42.0. The highest BCUT2D eigenvalue weighted by molar-refractivity contribution is 6.31. The number of hydroxylamine groups is 1. The number of nitrogens with zero attached hydrogens (tertiary/aromatic N) is 2. The van der Waals surface area contributed by atoms with E-state index >= 15 is 0 Å². The van der Waals surface area contributed by atoms with Crippen LogP contribution in [0.5, 0.6) is 0 Å². The van der Waals surface area contributed by atoms with E-state index in [1.807, 2.05) is 5.48 Å². The quantitative estimate of drug-likeness (QED) is 0.242. The third-order valence-corrected chi connectivity index (χ3v) is 5.09. The van der Waals surface area contributed by atoms with Crippen LogP contribution >= 0.6 is 11.6 Å². The normalized spacial score (nSPS) is 17.4. The van der Waals surface area contributed by atoms with Crippen molar-refractivity contribution in [2.45, 2.75) is 18.9 Å². The van der Waals surface area contributed by atoms with Gasteiger partial charge in [-0.1, -0.05) is 11.6 Å². The molecule has 0 amide bonds. The second-order valence-corrected chi connectivity index (χ2v) is 7.29. The summed E-state index contributed by atoms with van der Waals surface area (Å²) in [5.41, 5.74) is 2.00. The number of aromatic nitrogens is 2. The maximum Gasteiger partial charge on any atom is 0.201 e. The van der Waals surface area contributed by atoms with Crippen molar-refractivity contribution in [3.63, 3.8) is 0 Å². The van der Waals surface area contributed by atoms with Gasteiger partial charge < -0.3 is 15.6 Å². The number of amidine groups is 1. The number of imidazole rings is 1. The van der Waals surface area contributed by atoms with Gasteiger partial charge >= 0.3 is 0 Å². The number of halogens is 4. The smallest absolute Gasteiger partial charge is 0.201 e. The molecule has 1 saturated heterocycles. The number of aliphatic imine (C=N–C) groups is 1. The van der Waals surface area contributed by atoms with Crippen molar-refractivity contribution in [2.75, 3.05) is 18.4 Å². The Balaban J connectivity index is 1.77. The molecule has 0 bridgehead atoms. The van der Waals surface area contributed by atoms with E-state index in [0.717, 1.165) is 38.1 Å². The fourth-order valence-electron chi connectivity index (χ4n) is 3.35. The molecule has 4 rings (SSSR count). The highest BCUT2D eigenvalue weighted by atomic mass is 35.5. The van der Waals surface area contributed by atoms with Crippen molar-refractivity contribution < 1.29 is 18.4 Å². The fraction of sp³-hybridized carbons (Fsp3) is 0.263. The predicted molar refractivity (Wildman–Crippen MR) is 108 cm³/mol. The molecule has 11 heteroatoms. The monoisotopic (exact) mass is 438 g/mol. The van der Waals surface area contributed by atoms with E-state index in [4.69, 9.17) is 11.6 Å². The molecule has 7 nitrogen and oxygen atoms in total. The molecular formula is C19H18ClF3N6O. The summed E-state index contributed by atoms with van der Waals surface area (Å²) in [5, 5.41) is 15.8. The van der Waals surface area contributed by atoms with Gasteiger partial charge in [-0.05, 0) is 43.7 Å². The molecule has 158 valence electrons. The number of hydrogen-bond acceptors (Lipinski definition) is 5. The molecule has 0 radical (unpaired) electrons. The standard InChI is InChI=1S/C19H18ClF3N6O/c20-12-6-9(3-4-13(12)21)25-18(29-30)11-7-14(22)15(23)17-16(11)27-19(28-17)26-10-2-1-5-24-8-10/h3-4,6-7,10,24,30H,1-2,5,8H2,(H,25,29)(H2,26,27,28)/t10-/m1/s1. The zero-order valence-electron chi connectivity index (χ0n) is 15.6. The van der Waals surface area contributed by atoms with Gasteiger partial charge in [-0.2, -0.15) is 0 Å². The van der Waals surface area contributed by atoms with Crippen LogP contribution in [-0.4, -0.2) is 40.1 Å². The largest absolute Gasteiger partial charge is 0.352 e. The van der Waals surface area contributed by atoms with Gasteiger partial charge in [0.05, 0.1) is 16.2 Å². The van der Waals surface area contributed by atoms with Crippen molar-refractivity contribution in [1.29, 1.82) is 0 Å². The Morgan fingerprint density at radius 2 is 2.07 bits per heavy atom. The maximum absolute atomic E-state index is 14.4. The molecule has 1 atom stereocenters. The molecule has 30 heavy (non-hydrogen) atoms. The van der Waals surface area contributed by atoms with E-state index in [2.05, 4.69) is 25.6 Å². The number of rotatable bonds is 4. The van der Waals surface area contributed by atoms with Gasteiger partial charge in [-0.15, -0.1) is 0 Å². The van der Waals surface area contributed by atoms with Crippen LogP contribution in [0, 0.1) is 17.5 Å². The average molecular weight is 439 g/mol. The van der Waals surface area contributed by atoms with Crippen molar-refractivity contribution >= 4 is 40.1 Å². The van der Waals surface area contributed by atoms with Crippen LogP contribution in [0.15, 0.2) is 29.3 Å². The first kappa shape index (κ1) is 20.5. The third-order valence-electron chi connectivity index (χ3n) is 4.80. The number of anilines is 1. The second kappa shape index (κ2) is 8.50. The number of piperidine rings is 1. The second-order valence-electron chi connectivity index (χ2n) is 6.89. The van der Waals surface area contributed by atoms with Gasteiger partial charge in [0, 0.05) is 18.2 Å². The van der Waals surface area contributed by atoms with Crippen molar-refractivity contribution in [1.82, 2.24) is 20.8 Å². The summed E-state index contributed by atoms with van der Waals surface area (Å²) in [5.74, 6) is -2.84. The van der Waals surface area contributed by atoms with Crippen molar-refractivity contribution in [2.24, 2.45) is 4.99 Å². The lowest BCUT2D eigenvalue weighted by atomic mass is 10.1. The lowest BCUT2D eigenvalue weighted by Crippen LogP contribution is -2.38. The lowest BCUT2D eigenvalue weighted by Gasteiger charge is -2.23. The van der Waals surface area contributed by atoms with Gasteiger partial charge in [0.2, 0.25) is 5.95 Å². The van der Waals surface area contributed by atoms with E-state index in [1.165, 1.54) is 12.1 Å². The summed E-state index contributed by atoms with van der Waals surface area (Å²) in [6.45, 7) is 1.65. The van der Waals surface area contributed by atoms with E-state index in [0.29, 0.717) is 0 Å². The molecule has 2 aromatic carbocycles. The van der Waals surface area contributed by atoms with E-state index in [1.54, 1.807) is 0 Å².